The van der Waals surface area contributed by atoms with Gasteiger partial charge in [0.25, 0.3) is 5.69 Å². The topological polar surface area (TPSA) is 101 Å². The number of anilines is 1. The second-order valence-electron chi connectivity index (χ2n) is 4.21. The monoisotopic (exact) mass is 295 g/mol. The summed E-state index contributed by atoms with van der Waals surface area (Å²) in [6, 6.07) is 5.70. The normalized spacial score (nSPS) is 18.2. The molecule has 7 nitrogen and oxygen atoms in total. The Morgan fingerprint density at radius 2 is 2.35 bits per heavy atom. The predicted octanol–water partition coefficient (Wildman–Crippen LogP) is 1.15. The van der Waals surface area contributed by atoms with Gasteiger partial charge in [0.2, 0.25) is 11.8 Å². The van der Waals surface area contributed by atoms with Crippen LogP contribution in [0.5, 0.6) is 0 Å². The largest absolute Gasteiger partial charge is 0.354 e. The minimum absolute atomic E-state index is 0.0548. The van der Waals surface area contributed by atoms with Crippen molar-refractivity contribution in [1.29, 1.82) is 0 Å². The van der Waals surface area contributed by atoms with Crippen LogP contribution in [0.3, 0.4) is 0 Å². The van der Waals surface area contributed by atoms with Crippen molar-refractivity contribution in [2.24, 2.45) is 0 Å². The molecule has 2 N–H and O–H groups in total. The van der Waals surface area contributed by atoms with Gasteiger partial charge >= 0.3 is 0 Å². The van der Waals surface area contributed by atoms with Crippen molar-refractivity contribution >= 4 is 35.0 Å². The highest BCUT2D eigenvalue weighted by Gasteiger charge is 2.25. The van der Waals surface area contributed by atoms with Gasteiger partial charge in [0, 0.05) is 36.5 Å². The van der Waals surface area contributed by atoms with Gasteiger partial charge in [-0.15, -0.1) is 11.8 Å². The molecule has 1 saturated heterocycles. The summed E-state index contributed by atoms with van der Waals surface area (Å²) in [5, 5.41) is 15.5. The van der Waals surface area contributed by atoms with Crippen molar-refractivity contribution in [2.75, 3.05) is 17.6 Å². The molecule has 0 spiro atoms. The number of carbonyl (C=O) groups is 2. The lowest BCUT2D eigenvalue weighted by molar-refractivity contribution is -0.384. The molecule has 2 amide bonds. The fourth-order valence-corrected chi connectivity index (χ4v) is 2.80. The number of thioether (sulfide) groups is 1. The molecule has 0 aliphatic carbocycles. The number of nitrogens with zero attached hydrogens (tertiary/aromatic N) is 1. The van der Waals surface area contributed by atoms with Crippen LogP contribution in [0.25, 0.3) is 0 Å². The van der Waals surface area contributed by atoms with E-state index in [4.69, 9.17) is 0 Å². The summed E-state index contributed by atoms with van der Waals surface area (Å²) >= 11 is 1.44. The summed E-state index contributed by atoms with van der Waals surface area (Å²) < 4.78 is 0. The third-order valence-corrected chi connectivity index (χ3v) is 3.95. The summed E-state index contributed by atoms with van der Waals surface area (Å²) in [6.45, 7) is 0.618. The fourth-order valence-electron chi connectivity index (χ4n) is 1.79. The number of amides is 2. The standard InChI is InChI=1S/C12H13N3O4S/c16-11(7-10-12(17)13-4-5-20-10)14-8-2-1-3-9(6-8)15(18)19/h1-3,6,10H,4-5,7H2,(H,13,17)(H,14,16)/t10-/m0/s1. The third-order valence-electron chi connectivity index (χ3n) is 2.72. The number of nitro benzene ring substituents is 1. The first-order chi connectivity index (χ1) is 9.56. The SMILES string of the molecule is O=C(C[C@@H]1SCCNC1=O)Nc1cccc([N+](=O)[O-])c1. The summed E-state index contributed by atoms with van der Waals surface area (Å²) in [5.74, 6) is 0.302. The Hall–Kier alpha value is -2.09. The molecular weight excluding hydrogens is 282 g/mol. The number of nitrogens with one attached hydrogen (secondary N) is 2. The number of hydrogen-bond acceptors (Lipinski definition) is 5. The molecule has 20 heavy (non-hydrogen) atoms. The molecule has 0 radical (unpaired) electrons. The zero-order chi connectivity index (χ0) is 14.5. The molecule has 1 heterocycles. The van der Waals surface area contributed by atoms with Crippen LogP contribution in [0.1, 0.15) is 6.42 Å². The first-order valence-electron chi connectivity index (χ1n) is 6.00. The number of rotatable bonds is 4. The van der Waals surface area contributed by atoms with Gasteiger partial charge in [-0.1, -0.05) is 6.07 Å². The minimum atomic E-state index is -0.528. The van der Waals surface area contributed by atoms with Crippen LogP contribution in [0.4, 0.5) is 11.4 Å². The molecule has 0 unspecified atom stereocenters. The first kappa shape index (κ1) is 14.3. The number of non-ortho nitro benzene ring substituents is 1. The lowest BCUT2D eigenvalue weighted by atomic mass is 10.2. The maximum absolute atomic E-state index is 11.8. The maximum atomic E-state index is 11.8. The molecule has 1 fully saturated rings. The molecule has 1 atom stereocenters. The Bertz CT molecular complexity index is 549. The lowest BCUT2D eigenvalue weighted by Crippen LogP contribution is -2.40. The Labute approximate surface area is 119 Å². The van der Waals surface area contributed by atoms with E-state index in [-0.39, 0.29) is 23.9 Å². The van der Waals surface area contributed by atoms with E-state index in [0.29, 0.717) is 12.2 Å². The zero-order valence-electron chi connectivity index (χ0n) is 10.5. The highest BCUT2D eigenvalue weighted by atomic mass is 32.2. The van der Waals surface area contributed by atoms with E-state index in [1.165, 1.54) is 30.0 Å². The number of nitro groups is 1. The molecule has 0 aromatic heterocycles. The van der Waals surface area contributed by atoms with Gasteiger partial charge in [0.05, 0.1) is 10.2 Å². The summed E-state index contributed by atoms with van der Waals surface area (Å²) in [5.41, 5.74) is 0.262. The van der Waals surface area contributed by atoms with E-state index < -0.39 is 10.2 Å². The van der Waals surface area contributed by atoms with Gasteiger partial charge in [0.1, 0.15) is 0 Å². The first-order valence-corrected chi connectivity index (χ1v) is 7.05. The number of carbonyl (C=O) groups excluding carboxylic acids is 2. The van der Waals surface area contributed by atoms with Crippen molar-refractivity contribution in [2.45, 2.75) is 11.7 Å². The third kappa shape index (κ3) is 3.70. The van der Waals surface area contributed by atoms with Gasteiger partial charge in [-0.3, -0.25) is 19.7 Å². The van der Waals surface area contributed by atoms with Crippen LogP contribution in [0.15, 0.2) is 24.3 Å². The van der Waals surface area contributed by atoms with Crippen LogP contribution < -0.4 is 10.6 Å². The number of hydrogen-bond donors (Lipinski definition) is 2. The molecule has 2 rings (SSSR count). The Morgan fingerprint density at radius 3 is 3.05 bits per heavy atom. The van der Waals surface area contributed by atoms with Crippen molar-refractivity contribution in [3.05, 3.63) is 34.4 Å². The molecule has 8 heteroatoms. The van der Waals surface area contributed by atoms with Gasteiger partial charge in [-0.2, -0.15) is 0 Å². The van der Waals surface area contributed by atoms with Crippen molar-refractivity contribution < 1.29 is 14.5 Å². The van der Waals surface area contributed by atoms with Crippen LogP contribution in [-0.4, -0.2) is 34.3 Å². The van der Waals surface area contributed by atoms with E-state index in [2.05, 4.69) is 10.6 Å². The lowest BCUT2D eigenvalue weighted by Gasteiger charge is -2.20. The molecule has 0 bridgehead atoms. The van der Waals surface area contributed by atoms with E-state index in [9.17, 15) is 19.7 Å². The number of benzene rings is 1. The van der Waals surface area contributed by atoms with Crippen LogP contribution in [-0.2, 0) is 9.59 Å². The Balaban J connectivity index is 1.95. The highest BCUT2D eigenvalue weighted by Crippen LogP contribution is 2.20. The molecule has 1 aromatic carbocycles. The summed E-state index contributed by atoms with van der Waals surface area (Å²) in [7, 11) is 0. The van der Waals surface area contributed by atoms with Crippen molar-refractivity contribution in [3.63, 3.8) is 0 Å². The van der Waals surface area contributed by atoms with E-state index >= 15 is 0 Å². The van der Waals surface area contributed by atoms with Gasteiger partial charge in [-0.25, -0.2) is 0 Å². The molecule has 1 aromatic rings. The Morgan fingerprint density at radius 1 is 1.55 bits per heavy atom. The fraction of sp³-hybridized carbons (Fsp3) is 0.333. The van der Waals surface area contributed by atoms with E-state index in [1.807, 2.05) is 0 Å². The Kier molecular flexibility index (Phi) is 4.57. The van der Waals surface area contributed by atoms with E-state index in [0.717, 1.165) is 5.75 Å². The smallest absolute Gasteiger partial charge is 0.271 e. The molecule has 1 aliphatic rings. The van der Waals surface area contributed by atoms with Gasteiger partial charge in [-0.05, 0) is 6.07 Å². The summed E-state index contributed by atoms with van der Waals surface area (Å²) in [6.07, 6.45) is 0.0548. The van der Waals surface area contributed by atoms with Crippen molar-refractivity contribution in [3.8, 4) is 0 Å². The van der Waals surface area contributed by atoms with Crippen LogP contribution in [0.2, 0.25) is 0 Å². The molecular formula is C12H13N3O4S. The second kappa shape index (κ2) is 6.38. The average Bonchev–Trinajstić information content (AvgIpc) is 2.41. The average molecular weight is 295 g/mol. The zero-order valence-corrected chi connectivity index (χ0v) is 11.3. The molecule has 1 aliphatic heterocycles. The summed E-state index contributed by atoms with van der Waals surface area (Å²) in [4.78, 5) is 33.5. The quantitative estimate of drug-likeness (QED) is 0.641. The van der Waals surface area contributed by atoms with E-state index in [1.54, 1.807) is 6.07 Å². The molecule has 106 valence electrons. The van der Waals surface area contributed by atoms with Gasteiger partial charge in [0.15, 0.2) is 0 Å². The predicted molar refractivity (Wildman–Crippen MR) is 75.6 cm³/mol. The van der Waals surface area contributed by atoms with Crippen LogP contribution >= 0.6 is 11.8 Å². The van der Waals surface area contributed by atoms with Gasteiger partial charge < -0.3 is 10.6 Å². The maximum Gasteiger partial charge on any atom is 0.271 e. The van der Waals surface area contributed by atoms with Crippen LogP contribution in [0, 0.1) is 10.1 Å². The molecule has 0 saturated carbocycles. The minimum Gasteiger partial charge on any atom is -0.354 e. The van der Waals surface area contributed by atoms with Crippen molar-refractivity contribution in [1.82, 2.24) is 5.32 Å². The highest BCUT2D eigenvalue weighted by molar-refractivity contribution is 8.00. The second-order valence-corrected chi connectivity index (χ2v) is 5.52.